The second-order valence-corrected chi connectivity index (χ2v) is 4.01. The Bertz CT molecular complexity index is 848. The smallest absolute Gasteiger partial charge is 0.230 e. The van der Waals surface area contributed by atoms with Crippen LogP contribution in [-0.4, -0.2) is 9.97 Å². The van der Waals surface area contributed by atoms with E-state index in [1.165, 1.54) is 11.7 Å². The fourth-order valence-electron chi connectivity index (χ4n) is 2.25. The summed E-state index contributed by atoms with van der Waals surface area (Å²) < 4.78 is 5.81. The van der Waals surface area contributed by atoms with Crippen LogP contribution >= 0.6 is 0 Å². The second kappa shape index (κ2) is 3.04. The van der Waals surface area contributed by atoms with Crippen molar-refractivity contribution in [2.45, 2.75) is 0 Å². The van der Waals surface area contributed by atoms with E-state index in [1.54, 1.807) is 6.20 Å². The van der Waals surface area contributed by atoms with Gasteiger partial charge >= 0.3 is 0 Å². The molecule has 4 rings (SSSR count). The SMILES string of the molecule is c1ccc2c(c1)ccc1c3cncnc3oc21. The van der Waals surface area contributed by atoms with Gasteiger partial charge in [-0.15, -0.1) is 0 Å². The van der Waals surface area contributed by atoms with Gasteiger partial charge in [0.05, 0.1) is 5.39 Å². The number of hydrogen-bond acceptors (Lipinski definition) is 3. The quantitative estimate of drug-likeness (QED) is 0.455. The molecule has 17 heavy (non-hydrogen) atoms. The van der Waals surface area contributed by atoms with Crippen LogP contribution in [0.5, 0.6) is 0 Å². The minimum absolute atomic E-state index is 0.645. The van der Waals surface area contributed by atoms with Gasteiger partial charge in [0.25, 0.3) is 0 Å². The molecule has 0 saturated carbocycles. The van der Waals surface area contributed by atoms with Crippen molar-refractivity contribution < 1.29 is 4.42 Å². The van der Waals surface area contributed by atoms with E-state index in [9.17, 15) is 0 Å². The molecule has 0 spiro atoms. The van der Waals surface area contributed by atoms with Crippen LogP contribution in [0.2, 0.25) is 0 Å². The molecule has 0 bridgehead atoms. The minimum Gasteiger partial charge on any atom is -0.437 e. The van der Waals surface area contributed by atoms with Gasteiger partial charge in [-0.25, -0.2) is 9.97 Å². The number of rotatable bonds is 0. The molecule has 0 saturated heterocycles. The molecular weight excluding hydrogens is 212 g/mol. The van der Waals surface area contributed by atoms with Crippen molar-refractivity contribution >= 4 is 32.8 Å². The largest absolute Gasteiger partial charge is 0.437 e. The summed E-state index contributed by atoms with van der Waals surface area (Å²) in [6, 6.07) is 12.3. The lowest BCUT2D eigenvalue weighted by Gasteiger charge is -1.96. The van der Waals surface area contributed by atoms with Crippen LogP contribution in [0.25, 0.3) is 32.8 Å². The molecule has 3 nitrogen and oxygen atoms in total. The third-order valence-electron chi connectivity index (χ3n) is 3.04. The Balaban J connectivity index is 2.34. The maximum absolute atomic E-state index is 5.81. The Labute approximate surface area is 96.7 Å². The van der Waals surface area contributed by atoms with E-state index in [1.807, 2.05) is 12.1 Å². The Kier molecular flexibility index (Phi) is 1.56. The van der Waals surface area contributed by atoms with Gasteiger partial charge in [-0.1, -0.05) is 30.3 Å². The summed E-state index contributed by atoms with van der Waals surface area (Å²) in [5.74, 6) is 0. The molecule has 0 aliphatic rings. The number of benzene rings is 2. The molecular formula is C14H8N2O. The molecule has 0 aliphatic heterocycles. The number of aromatic nitrogens is 2. The lowest BCUT2D eigenvalue weighted by molar-refractivity contribution is 0.656. The molecule has 80 valence electrons. The molecule has 0 N–H and O–H groups in total. The summed E-state index contributed by atoms with van der Waals surface area (Å²) in [5, 5.41) is 4.32. The highest BCUT2D eigenvalue weighted by Crippen LogP contribution is 2.32. The summed E-state index contributed by atoms with van der Waals surface area (Å²) in [7, 11) is 0. The number of fused-ring (bicyclic) bond motifs is 5. The van der Waals surface area contributed by atoms with E-state index in [-0.39, 0.29) is 0 Å². The molecule has 0 radical (unpaired) electrons. The maximum atomic E-state index is 5.81. The van der Waals surface area contributed by atoms with Crippen LogP contribution < -0.4 is 0 Å². The van der Waals surface area contributed by atoms with E-state index in [4.69, 9.17) is 4.42 Å². The zero-order valence-electron chi connectivity index (χ0n) is 8.92. The van der Waals surface area contributed by atoms with Gasteiger partial charge in [0, 0.05) is 17.0 Å². The van der Waals surface area contributed by atoms with Crippen LogP contribution in [0.1, 0.15) is 0 Å². The van der Waals surface area contributed by atoms with Crippen LogP contribution in [-0.2, 0) is 0 Å². The van der Waals surface area contributed by atoms with E-state index in [2.05, 4.69) is 34.2 Å². The molecule has 2 heterocycles. The highest BCUT2D eigenvalue weighted by atomic mass is 16.3. The average Bonchev–Trinajstić information content (AvgIpc) is 2.78. The molecule has 0 atom stereocenters. The summed E-state index contributed by atoms with van der Waals surface area (Å²) in [5.41, 5.74) is 1.53. The highest BCUT2D eigenvalue weighted by molar-refractivity contribution is 6.13. The van der Waals surface area contributed by atoms with Crippen LogP contribution in [0, 0.1) is 0 Å². The van der Waals surface area contributed by atoms with Crippen molar-refractivity contribution in [3.05, 3.63) is 48.9 Å². The number of furan rings is 1. The Hall–Kier alpha value is -2.42. The molecule has 2 aromatic heterocycles. The molecule has 4 aromatic rings. The molecule has 0 aliphatic carbocycles. The molecule has 0 amide bonds. The molecule has 0 fully saturated rings. The second-order valence-electron chi connectivity index (χ2n) is 4.01. The van der Waals surface area contributed by atoms with Crippen molar-refractivity contribution in [1.82, 2.24) is 9.97 Å². The molecule has 2 aromatic carbocycles. The van der Waals surface area contributed by atoms with E-state index < -0.39 is 0 Å². The van der Waals surface area contributed by atoms with Gasteiger partial charge in [0.1, 0.15) is 11.9 Å². The number of nitrogens with zero attached hydrogens (tertiary/aromatic N) is 2. The zero-order chi connectivity index (χ0) is 11.2. The van der Waals surface area contributed by atoms with Crippen LogP contribution in [0.3, 0.4) is 0 Å². The van der Waals surface area contributed by atoms with Crippen LogP contribution in [0.15, 0.2) is 53.3 Å². The van der Waals surface area contributed by atoms with Gasteiger partial charge in [-0.3, -0.25) is 0 Å². The molecule has 0 unspecified atom stereocenters. The van der Waals surface area contributed by atoms with E-state index >= 15 is 0 Å². The first-order valence-electron chi connectivity index (χ1n) is 5.43. The summed E-state index contributed by atoms with van der Waals surface area (Å²) in [6.45, 7) is 0. The monoisotopic (exact) mass is 220 g/mol. The predicted octanol–water partition coefficient (Wildman–Crippen LogP) is 3.53. The normalized spacial score (nSPS) is 11.5. The highest BCUT2D eigenvalue weighted by Gasteiger charge is 2.09. The third kappa shape index (κ3) is 1.11. The van der Waals surface area contributed by atoms with E-state index in [0.717, 1.165) is 21.7 Å². The molecule has 3 heteroatoms. The fourth-order valence-corrected chi connectivity index (χ4v) is 2.25. The van der Waals surface area contributed by atoms with Gasteiger partial charge in [-0.05, 0) is 11.5 Å². The third-order valence-corrected chi connectivity index (χ3v) is 3.04. The summed E-state index contributed by atoms with van der Waals surface area (Å²) in [6.07, 6.45) is 3.30. The Morgan fingerprint density at radius 3 is 2.82 bits per heavy atom. The van der Waals surface area contributed by atoms with Gasteiger partial charge in [-0.2, -0.15) is 0 Å². The van der Waals surface area contributed by atoms with Crippen molar-refractivity contribution in [3.63, 3.8) is 0 Å². The van der Waals surface area contributed by atoms with Crippen molar-refractivity contribution in [3.8, 4) is 0 Å². The maximum Gasteiger partial charge on any atom is 0.230 e. The summed E-state index contributed by atoms with van der Waals surface area (Å²) >= 11 is 0. The minimum atomic E-state index is 0.645. The first-order chi connectivity index (χ1) is 8.43. The first kappa shape index (κ1) is 8.70. The number of hydrogen-bond donors (Lipinski definition) is 0. The predicted molar refractivity (Wildman–Crippen MR) is 66.8 cm³/mol. The van der Waals surface area contributed by atoms with Gasteiger partial charge in [0.15, 0.2) is 0 Å². The lowest BCUT2D eigenvalue weighted by Crippen LogP contribution is -1.74. The topological polar surface area (TPSA) is 38.9 Å². The van der Waals surface area contributed by atoms with Crippen molar-refractivity contribution in [2.24, 2.45) is 0 Å². The Morgan fingerprint density at radius 1 is 0.882 bits per heavy atom. The standard InChI is InChI=1S/C14H8N2O/c1-2-4-10-9(3-1)5-6-11-12-7-15-8-16-14(12)17-13(10)11/h1-8H. The lowest BCUT2D eigenvalue weighted by atomic mass is 10.1. The average molecular weight is 220 g/mol. The van der Waals surface area contributed by atoms with Crippen molar-refractivity contribution in [1.29, 1.82) is 0 Å². The zero-order valence-corrected chi connectivity index (χ0v) is 8.92. The first-order valence-corrected chi connectivity index (χ1v) is 5.43. The van der Waals surface area contributed by atoms with Gasteiger partial charge in [0.2, 0.25) is 5.71 Å². The fraction of sp³-hybridized carbons (Fsp3) is 0. The van der Waals surface area contributed by atoms with Crippen molar-refractivity contribution in [2.75, 3.05) is 0 Å². The van der Waals surface area contributed by atoms with Gasteiger partial charge < -0.3 is 4.42 Å². The van der Waals surface area contributed by atoms with Crippen LogP contribution in [0.4, 0.5) is 0 Å². The van der Waals surface area contributed by atoms with E-state index in [0.29, 0.717) is 5.71 Å². The Morgan fingerprint density at radius 2 is 1.82 bits per heavy atom. The summed E-state index contributed by atoms with van der Waals surface area (Å²) in [4.78, 5) is 8.19.